The molecule has 0 amide bonds. The van der Waals surface area contributed by atoms with Crippen LogP contribution in [0.1, 0.15) is 12.5 Å². The first kappa shape index (κ1) is 12.8. The first-order valence-electron chi connectivity index (χ1n) is 4.88. The number of carbonyl (C=O) groups is 1. The average Bonchev–Trinajstić information content (AvgIpc) is 2.25. The van der Waals surface area contributed by atoms with Gasteiger partial charge in [-0.25, -0.2) is 9.18 Å². The molecule has 0 spiro atoms. The monoisotopic (exact) mass is 243 g/mol. The molecule has 3 nitrogen and oxygen atoms in total. The van der Waals surface area contributed by atoms with Gasteiger partial charge in [0.25, 0.3) is 0 Å². The molecule has 0 fully saturated rings. The summed E-state index contributed by atoms with van der Waals surface area (Å²) < 4.78 is 18.0. The number of alkyl halides is 1. The molecule has 1 aromatic carbocycles. The molecule has 1 rings (SSSR count). The topological polar surface area (TPSA) is 52.3 Å². The third kappa shape index (κ3) is 3.13. The minimum Gasteiger partial charge on any atom is -0.463 e. The van der Waals surface area contributed by atoms with Gasteiger partial charge in [0.2, 0.25) is 5.50 Å². The van der Waals surface area contributed by atoms with Gasteiger partial charge < -0.3 is 10.5 Å². The molecule has 0 radical (unpaired) electrons. The fraction of sp³-hybridized carbons (Fsp3) is 0.364. The highest BCUT2D eigenvalue weighted by molar-refractivity contribution is 8.00. The van der Waals surface area contributed by atoms with Crippen molar-refractivity contribution in [3.05, 3.63) is 23.8 Å². The highest BCUT2D eigenvalue weighted by Crippen LogP contribution is 2.30. The van der Waals surface area contributed by atoms with Crippen LogP contribution in [0.15, 0.2) is 23.1 Å². The van der Waals surface area contributed by atoms with Crippen LogP contribution in [-0.4, -0.2) is 18.1 Å². The van der Waals surface area contributed by atoms with Gasteiger partial charge in [-0.3, -0.25) is 0 Å². The van der Waals surface area contributed by atoms with Gasteiger partial charge in [0, 0.05) is 10.6 Å². The second-order valence-corrected chi connectivity index (χ2v) is 4.25. The van der Waals surface area contributed by atoms with E-state index in [0.717, 1.165) is 17.3 Å². The fourth-order valence-corrected chi connectivity index (χ4v) is 1.97. The van der Waals surface area contributed by atoms with Crippen LogP contribution >= 0.6 is 11.8 Å². The number of rotatable bonds is 4. The van der Waals surface area contributed by atoms with Crippen molar-refractivity contribution in [3.63, 3.8) is 0 Å². The maximum absolute atomic E-state index is 13.4. The molecule has 0 aliphatic heterocycles. The maximum Gasteiger partial charge on any atom is 0.351 e. The summed E-state index contributed by atoms with van der Waals surface area (Å²) >= 11 is 0.811. The molecule has 1 aromatic rings. The van der Waals surface area contributed by atoms with Crippen molar-refractivity contribution >= 4 is 23.4 Å². The number of carbonyl (C=O) groups excluding carboxylic acids is 1. The van der Waals surface area contributed by atoms with Crippen molar-refractivity contribution in [1.29, 1.82) is 0 Å². The standard InChI is InChI=1S/C11H14FNO2S/c1-3-15-11(14)10(12)16-9-6-4-5-8(13)7(9)2/h4-6,10H,3,13H2,1-2H3. The quantitative estimate of drug-likeness (QED) is 0.501. The molecular weight excluding hydrogens is 229 g/mol. The number of hydrogen-bond acceptors (Lipinski definition) is 4. The van der Waals surface area contributed by atoms with Crippen LogP contribution in [0.5, 0.6) is 0 Å². The number of hydrogen-bond donors (Lipinski definition) is 1. The fourth-order valence-electron chi connectivity index (χ4n) is 1.13. The van der Waals surface area contributed by atoms with Crippen LogP contribution in [0.25, 0.3) is 0 Å². The van der Waals surface area contributed by atoms with Crippen molar-refractivity contribution in [2.45, 2.75) is 24.2 Å². The van der Waals surface area contributed by atoms with E-state index in [4.69, 9.17) is 5.73 Å². The van der Waals surface area contributed by atoms with E-state index < -0.39 is 11.5 Å². The Morgan fingerprint density at radius 2 is 2.31 bits per heavy atom. The SMILES string of the molecule is CCOC(=O)C(F)Sc1cccc(N)c1C. The number of nitrogen functional groups attached to an aromatic ring is 1. The number of anilines is 1. The van der Waals surface area contributed by atoms with Gasteiger partial charge in [0.15, 0.2) is 0 Å². The summed E-state index contributed by atoms with van der Waals surface area (Å²) in [6.45, 7) is 3.60. The van der Waals surface area contributed by atoms with Crippen molar-refractivity contribution < 1.29 is 13.9 Å². The zero-order chi connectivity index (χ0) is 12.1. The minimum atomic E-state index is -1.71. The van der Waals surface area contributed by atoms with Crippen molar-refractivity contribution in [1.82, 2.24) is 0 Å². The lowest BCUT2D eigenvalue weighted by molar-refractivity contribution is -0.145. The van der Waals surface area contributed by atoms with Gasteiger partial charge in [-0.1, -0.05) is 17.8 Å². The normalized spacial score (nSPS) is 12.2. The van der Waals surface area contributed by atoms with E-state index in [1.54, 1.807) is 32.0 Å². The molecule has 2 N–H and O–H groups in total. The Kier molecular flexibility index (Phi) is 4.61. The number of thioether (sulfide) groups is 1. The molecule has 5 heteroatoms. The number of esters is 1. The molecule has 0 bridgehead atoms. The highest BCUT2D eigenvalue weighted by atomic mass is 32.2. The molecule has 0 saturated carbocycles. The average molecular weight is 243 g/mol. The Morgan fingerprint density at radius 3 is 2.94 bits per heavy atom. The van der Waals surface area contributed by atoms with Crippen LogP contribution in [0, 0.1) is 6.92 Å². The molecule has 0 aromatic heterocycles. The zero-order valence-electron chi connectivity index (χ0n) is 9.20. The summed E-state index contributed by atoms with van der Waals surface area (Å²) in [7, 11) is 0. The number of benzene rings is 1. The van der Waals surface area contributed by atoms with E-state index in [2.05, 4.69) is 4.74 Å². The van der Waals surface area contributed by atoms with E-state index in [-0.39, 0.29) is 6.61 Å². The molecular formula is C11H14FNO2S. The second-order valence-electron chi connectivity index (χ2n) is 3.16. The maximum atomic E-state index is 13.4. The molecule has 0 aliphatic rings. The van der Waals surface area contributed by atoms with Gasteiger partial charge >= 0.3 is 5.97 Å². The Labute approximate surface area is 98.2 Å². The molecule has 0 saturated heterocycles. The molecule has 16 heavy (non-hydrogen) atoms. The Balaban J connectivity index is 2.73. The molecule has 0 heterocycles. The van der Waals surface area contributed by atoms with Gasteiger partial charge in [-0.15, -0.1) is 0 Å². The first-order valence-corrected chi connectivity index (χ1v) is 5.76. The van der Waals surface area contributed by atoms with E-state index >= 15 is 0 Å². The number of halogens is 1. The highest BCUT2D eigenvalue weighted by Gasteiger charge is 2.20. The van der Waals surface area contributed by atoms with E-state index in [1.807, 2.05) is 0 Å². The lowest BCUT2D eigenvalue weighted by atomic mass is 10.2. The third-order valence-electron chi connectivity index (χ3n) is 2.03. The van der Waals surface area contributed by atoms with Gasteiger partial charge in [-0.05, 0) is 31.5 Å². The molecule has 0 aliphatic carbocycles. The summed E-state index contributed by atoms with van der Waals surface area (Å²) in [5, 5.41) is 0. The second kappa shape index (κ2) is 5.75. The van der Waals surface area contributed by atoms with Gasteiger partial charge in [0.1, 0.15) is 0 Å². The first-order chi connectivity index (χ1) is 7.56. The summed E-state index contributed by atoms with van der Waals surface area (Å²) in [5.41, 5.74) is 5.33. The summed E-state index contributed by atoms with van der Waals surface area (Å²) in [4.78, 5) is 11.7. The van der Waals surface area contributed by atoms with Crippen LogP contribution in [-0.2, 0) is 9.53 Å². The predicted molar refractivity (Wildman–Crippen MR) is 63.0 cm³/mol. The van der Waals surface area contributed by atoms with Crippen LogP contribution < -0.4 is 5.73 Å². The van der Waals surface area contributed by atoms with Crippen molar-refractivity contribution in [3.8, 4) is 0 Å². The smallest absolute Gasteiger partial charge is 0.351 e. The largest absolute Gasteiger partial charge is 0.463 e. The molecule has 1 atom stereocenters. The predicted octanol–water partition coefficient (Wildman–Crippen LogP) is 2.53. The van der Waals surface area contributed by atoms with Crippen LogP contribution in [0.2, 0.25) is 0 Å². The Morgan fingerprint density at radius 1 is 1.62 bits per heavy atom. The van der Waals surface area contributed by atoms with E-state index in [9.17, 15) is 9.18 Å². The van der Waals surface area contributed by atoms with E-state index in [1.165, 1.54) is 0 Å². The molecule has 88 valence electrons. The van der Waals surface area contributed by atoms with Crippen LogP contribution in [0.3, 0.4) is 0 Å². The van der Waals surface area contributed by atoms with Crippen molar-refractivity contribution in [2.24, 2.45) is 0 Å². The Hall–Kier alpha value is -1.23. The lowest BCUT2D eigenvalue weighted by Gasteiger charge is -2.10. The summed E-state index contributed by atoms with van der Waals surface area (Å²) in [6, 6.07) is 5.18. The number of ether oxygens (including phenoxy) is 1. The van der Waals surface area contributed by atoms with E-state index in [0.29, 0.717) is 10.6 Å². The zero-order valence-corrected chi connectivity index (χ0v) is 10.0. The third-order valence-corrected chi connectivity index (χ3v) is 3.12. The summed E-state index contributed by atoms with van der Waals surface area (Å²) in [6.07, 6.45) is 0. The minimum absolute atomic E-state index is 0.176. The lowest BCUT2D eigenvalue weighted by Crippen LogP contribution is -2.15. The van der Waals surface area contributed by atoms with Gasteiger partial charge in [0.05, 0.1) is 6.61 Å². The molecule has 1 unspecified atom stereocenters. The number of nitrogens with two attached hydrogens (primary N) is 1. The summed E-state index contributed by atoms with van der Waals surface area (Å²) in [5.74, 6) is -0.852. The van der Waals surface area contributed by atoms with Crippen LogP contribution in [0.4, 0.5) is 10.1 Å². The van der Waals surface area contributed by atoms with Gasteiger partial charge in [-0.2, -0.15) is 0 Å². The van der Waals surface area contributed by atoms with Crippen molar-refractivity contribution in [2.75, 3.05) is 12.3 Å². The Bertz CT molecular complexity index is 384.